The molecule has 6 nitrogen and oxygen atoms in total. The Morgan fingerprint density at radius 1 is 1.11 bits per heavy atom. The van der Waals surface area contributed by atoms with Crippen LogP contribution in [0.3, 0.4) is 0 Å². The van der Waals surface area contributed by atoms with Gasteiger partial charge in [-0.1, -0.05) is 49.3 Å². The lowest BCUT2D eigenvalue weighted by molar-refractivity contribution is -0.112. The highest BCUT2D eigenvalue weighted by molar-refractivity contribution is 6.54. The molecule has 144 valence electrons. The van der Waals surface area contributed by atoms with Crippen LogP contribution in [-0.4, -0.2) is 28.3 Å². The number of aryl methyl sites for hydroxylation is 1. The molecule has 4 rings (SSSR count). The summed E-state index contributed by atoms with van der Waals surface area (Å²) < 4.78 is 2.23. The Hall–Kier alpha value is -3.15. The van der Waals surface area contributed by atoms with Gasteiger partial charge in [0.1, 0.15) is 12.9 Å². The molecule has 2 aromatic carbocycles. The van der Waals surface area contributed by atoms with E-state index in [0.717, 1.165) is 41.1 Å². The normalized spacial score (nSPS) is 15.1. The van der Waals surface area contributed by atoms with E-state index in [1.165, 1.54) is 7.11 Å². The summed E-state index contributed by atoms with van der Waals surface area (Å²) >= 11 is 0. The number of anilines is 1. The predicted molar refractivity (Wildman–Crippen MR) is 110 cm³/mol. The van der Waals surface area contributed by atoms with Crippen molar-refractivity contribution in [1.29, 1.82) is 0 Å². The summed E-state index contributed by atoms with van der Waals surface area (Å²) in [5.74, 6) is 1.30. The number of carbonyl (C=O) groups is 1. The molecule has 0 aliphatic carbocycles. The van der Waals surface area contributed by atoms with Gasteiger partial charge < -0.3 is 9.40 Å². The van der Waals surface area contributed by atoms with Crippen LogP contribution in [-0.2, 0) is 22.7 Å². The lowest BCUT2D eigenvalue weighted by Gasteiger charge is -2.18. The SMILES string of the molecule is CO/N=C1/C(=O)N(Cc2nc3ccccc3n2CCC(C)C)c2ccccc21. The summed E-state index contributed by atoms with van der Waals surface area (Å²) in [6.45, 7) is 5.70. The molecule has 1 amide bonds. The Kier molecular flexibility index (Phi) is 4.86. The zero-order chi connectivity index (χ0) is 19.7. The molecule has 3 aromatic rings. The van der Waals surface area contributed by atoms with Gasteiger partial charge in [-0.05, 0) is 30.5 Å². The van der Waals surface area contributed by atoms with E-state index in [2.05, 4.69) is 29.6 Å². The standard InChI is InChI=1S/C22H24N4O2/c1-15(2)12-13-25-19-11-7-5-9-17(19)23-20(25)14-26-18-10-6-4-8-16(18)21(22(26)27)24-28-3/h4-11,15H,12-14H2,1-3H3/b24-21+. The third-order valence-electron chi connectivity index (χ3n) is 5.04. The summed E-state index contributed by atoms with van der Waals surface area (Å²) in [6.07, 6.45) is 1.05. The van der Waals surface area contributed by atoms with E-state index in [1.54, 1.807) is 4.90 Å². The zero-order valence-electron chi connectivity index (χ0n) is 16.4. The van der Waals surface area contributed by atoms with E-state index in [4.69, 9.17) is 9.82 Å². The number of benzene rings is 2. The highest BCUT2D eigenvalue weighted by Crippen LogP contribution is 2.31. The number of rotatable bonds is 6. The number of para-hydroxylation sites is 3. The molecule has 1 aromatic heterocycles. The lowest BCUT2D eigenvalue weighted by Crippen LogP contribution is -2.31. The first-order valence-electron chi connectivity index (χ1n) is 9.56. The van der Waals surface area contributed by atoms with E-state index in [0.29, 0.717) is 18.2 Å². The molecular formula is C22H24N4O2. The Labute approximate surface area is 164 Å². The molecule has 0 radical (unpaired) electrons. The first kappa shape index (κ1) is 18.2. The molecule has 1 aliphatic heterocycles. The summed E-state index contributed by atoms with van der Waals surface area (Å²) in [5.41, 5.74) is 4.02. The number of oxime groups is 1. The fourth-order valence-corrected chi connectivity index (χ4v) is 3.62. The maximum absolute atomic E-state index is 13.0. The first-order chi connectivity index (χ1) is 13.6. The van der Waals surface area contributed by atoms with Crippen molar-refractivity contribution in [1.82, 2.24) is 9.55 Å². The average molecular weight is 376 g/mol. The predicted octanol–water partition coefficient (Wildman–Crippen LogP) is 3.98. The highest BCUT2D eigenvalue weighted by atomic mass is 16.6. The van der Waals surface area contributed by atoms with Crippen molar-refractivity contribution in [2.75, 3.05) is 12.0 Å². The summed E-state index contributed by atoms with van der Waals surface area (Å²) in [4.78, 5) is 24.5. The Morgan fingerprint density at radius 2 is 1.86 bits per heavy atom. The number of nitrogens with zero attached hydrogens (tertiary/aromatic N) is 4. The molecule has 0 fully saturated rings. The highest BCUT2D eigenvalue weighted by Gasteiger charge is 2.35. The molecule has 28 heavy (non-hydrogen) atoms. The van der Waals surface area contributed by atoms with Crippen molar-refractivity contribution >= 4 is 28.3 Å². The maximum atomic E-state index is 13.0. The number of imidazole rings is 1. The van der Waals surface area contributed by atoms with Crippen LogP contribution >= 0.6 is 0 Å². The van der Waals surface area contributed by atoms with Crippen molar-refractivity contribution in [2.45, 2.75) is 33.4 Å². The van der Waals surface area contributed by atoms with E-state index in [1.807, 2.05) is 42.5 Å². The number of fused-ring (bicyclic) bond motifs is 2. The molecule has 0 bridgehead atoms. The Balaban J connectivity index is 1.75. The molecule has 0 unspecified atom stereocenters. The van der Waals surface area contributed by atoms with Gasteiger partial charge in [0.15, 0.2) is 5.71 Å². The third-order valence-corrected chi connectivity index (χ3v) is 5.04. The zero-order valence-corrected chi connectivity index (χ0v) is 16.4. The summed E-state index contributed by atoms with van der Waals surface area (Å²) in [5, 5.41) is 3.96. The van der Waals surface area contributed by atoms with E-state index < -0.39 is 0 Å². The molecule has 2 heterocycles. The maximum Gasteiger partial charge on any atom is 0.281 e. The topological polar surface area (TPSA) is 59.7 Å². The minimum absolute atomic E-state index is 0.162. The van der Waals surface area contributed by atoms with Gasteiger partial charge in [0, 0.05) is 12.1 Å². The van der Waals surface area contributed by atoms with Gasteiger partial charge in [0.25, 0.3) is 5.91 Å². The molecule has 0 N–H and O–H groups in total. The van der Waals surface area contributed by atoms with E-state index >= 15 is 0 Å². The van der Waals surface area contributed by atoms with Crippen LogP contribution in [0.5, 0.6) is 0 Å². The van der Waals surface area contributed by atoms with Crippen LogP contribution in [0.1, 0.15) is 31.7 Å². The molecule has 0 saturated carbocycles. The van der Waals surface area contributed by atoms with Crippen LogP contribution in [0.4, 0.5) is 5.69 Å². The van der Waals surface area contributed by atoms with Crippen LogP contribution in [0.25, 0.3) is 11.0 Å². The number of hydrogen-bond donors (Lipinski definition) is 0. The van der Waals surface area contributed by atoms with E-state index in [-0.39, 0.29) is 5.91 Å². The van der Waals surface area contributed by atoms with Gasteiger partial charge in [-0.25, -0.2) is 4.98 Å². The fourth-order valence-electron chi connectivity index (χ4n) is 3.62. The molecule has 1 aliphatic rings. The third kappa shape index (κ3) is 3.15. The van der Waals surface area contributed by atoms with E-state index in [9.17, 15) is 4.79 Å². The van der Waals surface area contributed by atoms with Gasteiger partial charge in [0.2, 0.25) is 0 Å². The minimum Gasteiger partial charge on any atom is -0.398 e. The van der Waals surface area contributed by atoms with Crippen molar-refractivity contribution < 1.29 is 9.63 Å². The van der Waals surface area contributed by atoms with Gasteiger partial charge in [-0.2, -0.15) is 0 Å². The molecular weight excluding hydrogens is 352 g/mol. The fraction of sp³-hybridized carbons (Fsp3) is 0.318. The number of amides is 1. The molecule has 6 heteroatoms. The monoisotopic (exact) mass is 376 g/mol. The first-order valence-corrected chi connectivity index (χ1v) is 9.56. The smallest absolute Gasteiger partial charge is 0.281 e. The lowest BCUT2D eigenvalue weighted by atomic mass is 10.1. The number of aromatic nitrogens is 2. The number of hydrogen-bond acceptors (Lipinski definition) is 4. The average Bonchev–Trinajstić information content (AvgIpc) is 3.17. The van der Waals surface area contributed by atoms with Crippen LogP contribution in [0.2, 0.25) is 0 Å². The molecule has 0 spiro atoms. The second kappa shape index (κ2) is 7.46. The Morgan fingerprint density at radius 3 is 2.64 bits per heavy atom. The minimum atomic E-state index is -0.162. The van der Waals surface area contributed by atoms with Crippen molar-refractivity contribution in [3.63, 3.8) is 0 Å². The summed E-state index contributed by atoms with van der Waals surface area (Å²) in [6, 6.07) is 15.8. The molecule has 0 atom stereocenters. The van der Waals surface area contributed by atoms with Crippen LogP contribution < -0.4 is 4.90 Å². The second-order valence-electron chi connectivity index (χ2n) is 7.38. The summed E-state index contributed by atoms with van der Waals surface area (Å²) in [7, 11) is 1.46. The largest absolute Gasteiger partial charge is 0.398 e. The number of carbonyl (C=O) groups excluding carboxylic acids is 1. The van der Waals surface area contributed by atoms with Gasteiger partial charge in [-0.15, -0.1) is 0 Å². The van der Waals surface area contributed by atoms with Crippen molar-refractivity contribution in [3.8, 4) is 0 Å². The van der Waals surface area contributed by atoms with Gasteiger partial charge in [0.05, 0.1) is 23.3 Å². The van der Waals surface area contributed by atoms with Crippen LogP contribution in [0.15, 0.2) is 53.7 Å². The van der Waals surface area contributed by atoms with Crippen LogP contribution in [0, 0.1) is 5.92 Å². The molecule has 0 saturated heterocycles. The van der Waals surface area contributed by atoms with Crippen molar-refractivity contribution in [2.24, 2.45) is 11.1 Å². The van der Waals surface area contributed by atoms with Gasteiger partial charge >= 0.3 is 0 Å². The second-order valence-corrected chi connectivity index (χ2v) is 7.38. The van der Waals surface area contributed by atoms with Crippen molar-refractivity contribution in [3.05, 3.63) is 59.9 Å². The quantitative estimate of drug-likeness (QED) is 0.612. The Bertz CT molecular complexity index is 1050. The van der Waals surface area contributed by atoms with Gasteiger partial charge in [-0.3, -0.25) is 9.69 Å².